The molecule has 2 atom stereocenters. The van der Waals surface area contributed by atoms with Crippen LogP contribution >= 0.6 is 23.2 Å². The summed E-state index contributed by atoms with van der Waals surface area (Å²) in [6.45, 7) is 2.28. The second kappa shape index (κ2) is 7.98. The molecule has 2 unspecified atom stereocenters. The van der Waals surface area contributed by atoms with Gasteiger partial charge in [0.05, 0.1) is 0 Å². The minimum absolute atomic E-state index is 0.538. The minimum Gasteiger partial charge on any atom is -0.235 e. The van der Waals surface area contributed by atoms with Crippen molar-refractivity contribution in [2.24, 2.45) is 10.9 Å². The molecule has 1 aliphatic heterocycles. The van der Waals surface area contributed by atoms with Gasteiger partial charge in [0.1, 0.15) is 0 Å². The van der Waals surface area contributed by atoms with E-state index >= 15 is 0 Å². The van der Waals surface area contributed by atoms with Gasteiger partial charge in [0, 0.05) is 6.21 Å². The van der Waals surface area contributed by atoms with E-state index in [4.69, 9.17) is 23.2 Å². The molecule has 0 spiro atoms. The fraction of sp³-hybridized carbons (Fsp3) is 0.571. The predicted octanol–water partition coefficient (Wildman–Crippen LogP) is 7.08. The molecule has 1 nitrogen and oxygen atoms in total. The van der Waals surface area contributed by atoms with E-state index in [0.29, 0.717) is 17.9 Å². The van der Waals surface area contributed by atoms with Gasteiger partial charge in [-0.3, -0.25) is 0 Å². The maximum atomic E-state index is 14.0. The summed E-state index contributed by atoms with van der Waals surface area (Å²) in [4.78, 5) is 3.40. The minimum atomic E-state index is -2.93. The number of aryl methyl sites for hydroxylation is 1. The fourth-order valence-electron chi connectivity index (χ4n) is 3.89. The molecule has 1 saturated carbocycles. The van der Waals surface area contributed by atoms with Gasteiger partial charge in [-0.2, -0.15) is 4.39 Å². The van der Waals surface area contributed by atoms with Crippen molar-refractivity contribution in [2.45, 2.75) is 68.2 Å². The average molecular weight is 400 g/mol. The van der Waals surface area contributed by atoms with Gasteiger partial charge in [0.2, 0.25) is 0 Å². The molecule has 26 heavy (non-hydrogen) atoms. The van der Waals surface area contributed by atoms with Crippen molar-refractivity contribution >= 4 is 29.4 Å². The van der Waals surface area contributed by atoms with E-state index in [1.165, 1.54) is 43.9 Å². The van der Waals surface area contributed by atoms with E-state index in [-0.39, 0.29) is 0 Å². The third kappa shape index (κ3) is 4.48. The molecule has 1 heterocycles. The van der Waals surface area contributed by atoms with Gasteiger partial charge in [-0.05, 0) is 73.1 Å². The highest BCUT2D eigenvalue weighted by molar-refractivity contribution is 6.34. The summed E-state index contributed by atoms with van der Waals surface area (Å²) in [6, 6.07) is 8.68. The summed E-state index contributed by atoms with van der Waals surface area (Å²) in [7, 11) is 0. The molecule has 0 N–H and O–H groups in total. The Morgan fingerprint density at radius 2 is 1.69 bits per heavy atom. The maximum absolute atomic E-state index is 14.0. The van der Waals surface area contributed by atoms with E-state index in [1.54, 1.807) is 0 Å². The lowest BCUT2D eigenvalue weighted by molar-refractivity contribution is 0.136. The van der Waals surface area contributed by atoms with Crippen LogP contribution < -0.4 is 0 Å². The lowest BCUT2D eigenvalue weighted by atomic mass is 9.78. The third-order valence-corrected chi connectivity index (χ3v) is 6.57. The van der Waals surface area contributed by atoms with Gasteiger partial charge < -0.3 is 0 Å². The average Bonchev–Trinajstić information content (AvgIpc) is 2.63. The van der Waals surface area contributed by atoms with Gasteiger partial charge in [0.15, 0.2) is 0 Å². The van der Waals surface area contributed by atoms with E-state index in [1.807, 2.05) is 0 Å². The number of dihydropyridines is 1. The lowest BCUT2D eigenvalue weighted by Gasteiger charge is -2.28. The van der Waals surface area contributed by atoms with Gasteiger partial charge in [-0.15, -0.1) is 0 Å². The molecule has 0 radical (unpaired) electrons. The van der Waals surface area contributed by atoms with Crippen LogP contribution in [0.25, 0.3) is 0 Å². The van der Waals surface area contributed by atoms with E-state index in [2.05, 4.69) is 36.2 Å². The zero-order valence-electron chi connectivity index (χ0n) is 15.0. The topological polar surface area (TPSA) is 12.4 Å². The molecular formula is C21H25Cl2F2N. The zero-order valence-corrected chi connectivity index (χ0v) is 16.5. The van der Waals surface area contributed by atoms with Crippen LogP contribution in [-0.2, 0) is 6.42 Å². The molecule has 1 fully saturated rings. The highest BCUT2D eigenvalue weighted by Crippen LogP contribution is 2.43. The molecule has 1 aromatic carbocycles. The van der Waals surface area contributed by atoms with Crippen molar-refractivity contribution < 1.29 is 8.78 Å². The molecule has 142 valence electrons. The summed E-state index contributed by atoms with van der Waals surface area (Å²) in [5, 5.41) is -5.74. The van der Waals surface area contributed by atoms with Gasteiger partial charge in [0.25, 0.3) is 5.13 Å². The zero-order chi connectivity index (χ0) is 18.8. The number of hydrogen-bond donors (Lipinski definition) is 0. The van der Waals surface area contributed by atoms with Crippen LogP contribution in [0, 0.1) is 5.92 Å². The smallest absolute Gasteiger partial charge is 0.235 e. The molecule has 0 amide bonds. The van der Waals surface area contributed by atoms with E-state index < -0.39 is 10.4 Å². The number of benzene rings is 1. The molecule has 1 aromatic rings. The molecule has 3 rings (SSSR count). The molecule has 5 heteroatoms. The molecular weight excluding hydrogens is 375 g/mol. The first kappa shape index (κ1) is 19.8. The van der Waals surface area contributed by atoms with Crippen molar-refractivity contribution in [3.05, 3.63) is 47.0 Å². The second-order valence-electron chi connectivity index (χ2n) is 7.51. The Kier molecular flexibility index (Phi) is 6.08. The number of nitrogens with zero attached hydrogens (tertiary/aromatic N) is 1. The van der Waals surface area contributed by atoms with E-state index in [0.717, 1.165) is 24.0 Å². The highest BCUT2D eigenvalue weighted by atomic mass is 35.5. The number of halogens is 4. The van der Waals surface area contributed by atoms with Crippen LogP contribution in [0.4, 0.5) is 8.78 Å². The molecule has 0 bridgehead atoms. The Morgan fingerprint density at radius 3 is 2.27 bits per heavy atom. The van der Waals surface area contributed by atoms with Crippen molar-refractivity contribution in [3.63, 3.8) is 0 Å². The number of aliphatic imine (C=N–C) groups is 1. The number of hydrogen-bond acceptors (Lipinski definition) is 1. The van der Waals surface area contributed by atoms with Crippen molar-refractivity contribution in [1.29, 1.82) is 0 Å². The molecule has 0 aromatic heterocycles. The maximum Gasteiger partial charge on any atom is 0.327 e. The SMILES string of the molecule is CCC1CCC(c2ccc(CCC3=CC(F)(Cl)C(F)(Cl)N=C3)cc2)CC1. The number of rotatable bonds is 5. The first-order valence-corrected chi connectivity index (χ1v) is 10.2. The van der Waals surface area contributed by atoms with Crippen LogP contribution in [0.3, 0.4) is 0 Å². The normalized spacial score (nSPS) is 34.6. The summed E-state index contributed by atoms with van der Waals surface area (Å²) in [5.74, 6) is 1.57. The summed E-state index contributed by atoms with van der Waals surface area (Å²) in [5.41, 5.74) is 3.13. The van der Waals surface area contributed by atoms with Crippen molar-refractivity contribution in [3.8, 4) is 0 Å². The molecule has 0 saturated heterocycles. The first-order valence-electron chi connectivity index (χ1n) is 9.42. The Labute approximate surface area is 164 Å². The third-order valence-electron chi connectivity index (χ3n) is 5.74. The molecule has 2 aliphatic rings. The van der Waals surface area contributed by atoms with Crippen LogP contribution in [0.5, 0.6) is 0 Å². The Morgan fingerprint density at radius 1 is 1.04 bits per heavy atom. The van der Waals surface area contributed by atoms with Crippen molar-refractivity contribution in [2.75, 3.05) is 0 Å². The van der Waals surface area contributed by atoms with Crippen LogP contribution in [0.15, 0.2) is 40.9 Å². The summed E-state index contributed by atoms with van der Waals surface area (Å²) in [6.07, 6.45) is 10.1. The number of allylic oxidation sites excluding steroid dienone is 1. The monoisotopic (exact) mass is 399 g/mol. The first-order chi connectivity index (χ1) is 12.3. The fourth-order valence-corrected chi connectivity index (χ4v) is 4.19. The highest BCUT2D eigenvalue weighted by Gasteiger charge is 2.51. The largest absolute Gasteiger partial charge is 0.327 e. The predicted molar refractivity (Wildman–Crippen MR) is 106 cm³/mol. The second-order valence-corrected chi connectivity index (χ2v) is 8.56. The van der Waals surface area contributed by atoms with Gasteiger partial charge >= 0.3 is 5.25 Å². The van der Waals surface area contributed by atoms with Crippen LogP contribution in [0.1, 0.15) is 62.5 Å². The van der Waals surface area contributed by atoms with Gasteiger partial charge in [-0.25, -0.2) is 9.38 Å². The Bertz CT molecular complexity index is 672. The summed E-state index contributed by atoms with van der Waals surface area (Å²) >= 11 is 10.8. The van der Waals surface area contributed by atoms with Crippen molar-refractivity contribution in [1.82, 2.24) is 0 Å². The van der Waals surface area contributed by atoms with Crippen LogP contribution in [0.2, 0.25) is 0 Å². The quantitative estimate of drug-likeness (QED) is 0.370. The number of alkyl halides is 4. The van der Waals surface area contributed by atoms with Crippen LogP contribution in [-0.4, -0.2) is 16.6 Å². The summed E-state index contributed by atoms with van der Waals surface area (Å²) < 4.78 is 27.7. The Balaban J connectivity index is 1.56. The lowest BCUT2D eigenvalue weighted by Crippen LogP contribution is -2.37. The molecule has 1 aliphatic carbocycles. The standard InChI is InChI=1S/C21H25Cl2F2N/c1-2-15-5-9-18(10-6-15)19-11-7-16(8-12-19)3-4-17-13-20(22,24)21(23,25)26-14-17/h7-8,11-15,18H,2-6,9-10H2,1H3. The Hall–Kier alpha value is -0.930. The van der Waals surface area contributed by atoms with Gasteiger partial charge in [-0.1, -0.05) is 60.8 Å². The van der Waals surface area contributed by atoms with E-state index in [9.17, 15) is 8.78 Å².